The van der Waals surface area contributed by atoms with E-state index in [1.54, 1.807) is 10.9 Å². The lowest BCUT2D eigenvalue weighted by molar-refractivity contribution is 0.0600. The second-order valence-electron chi connectivity index (χ2n) is 5.97. The fourth-order valence-corrected chi connectivity index (χ4v) is 3.01. The Bertz CT molecular complexity index is 686. The van der Waals surface area contributed by atoms with E-state index in [1.165, 1.54) is 19.7 Å². The lowest BCUT2D eigenvalue weighted by Gasteiger charge is -2.17. The molecule has 0 bridgehead atoms. The summed E-state index contributed by atoms with van der Waals surface area (Å²) >= 11 is 0. The van der Waals surface area contributed by atoms with Gasteiger partial charge in [-0.1, -0.05) is 0 Å². The number of rotatable bonds is 4. The monoisotopic (exact) mass is 299 g/mol. The van der Waals surface area contributed by atoms with Crippen molar-refractivity contribution in [3.8, 4) is 0 Å². The Morgan fingerprint density at radius 3 is 2.68 bits per heavy atom. The van der Waals surface area contributed by atoms with Gasteiger partial charge in [0.1, 0.15) is 0 Å². The van der Waals surface area contributed by atoms with Crippen molar-refractivity contribution in [3.05, 3.63) is 35.9 Å². The zero-order valence-electron chi connectivity index (χ0n) is 12.3. The Balaban J connectivity index is 1.42. The summed E-state index contributed by atoms with van der Waals surface area (Å²) in [6.07, 6.45) is 8.18. The van der Waals surface area contributed by atoms with Crippen LogP contribution in [0.15, 0.2) is 24.8 Å². The molecule has 1 aliphatic carbocycles. The van der Waals surface area contributed by atoms with Gasteiger partial charge < -0.3 is 9.64 Å². The second-order valence-corrected chi connectivity index (χ2v) is 5.97. The van der Waals surface area contributed by atoms with Crippen molar-refractivity contribution >= 4 is 11.9 Å². The minimum absolute atomic E-state index is 0.384. The summed E-state index contributed by atoms with van der Waals surface area (Å²) < 4.78 is 6.34. The molecule has 1 saturated carbocycles. The average molecular weight is 299 g/mol. The number of piperidine rings is 1. The number of carbonyl (C=O) groups excluding carboxylic acids is 1. The van der Waals surface area contributed by atoms with Crippen molar-refractivity contribution in [1.29, 1.82) is 0 Å². The SMILES string of the molecule is COC(=O)c1cnn(Cc2cnc(N3CC4CC4C3)nc2)c1. The van der Waals surface area contributed by atoms with Gasteiger partial charge in [0.2, 0.25) is 5.95 Å². The van der Waals surface area contributed by atoms with E-state index in [4.69, 9.17) is 0 Å². The normalized spacial score (nSPS) is 22.5. The third-order valence-corrected chi connectivity index (χ3v) is 4.35. The highest BCUT2D eigenvalue weighted by atomic mass is 16.5. The summed E-state index contributed by atoms with van der Waals surface area (Å²) in [5, 5.41) is 4.15. The number of carbonyl (C=O) groups is 1. The van der Waals surface area contributed by atoms with Crippen molar-refractivity contribution < 1.29 is 9.53 Å². The lowest BCUT2D eigenvalue weighted by Crippen LogP contribution is -2.24. The number of hydrogen-bond acceptors (Lipinski definition) is 6. The third kappa shape index (κ3) is 2.43. The van der Waals surface area contributed by atoms with Crippen molar-refractivity contribution in [1.82, 2.24) is 19.7 Å². The van der Waals surface area contributed by atoms with E-state index in [0.717, 1.165) is 36.4 Å². The van der Waals surface area contributed by atoms with E-state index in [0.29, 0.717) is 12.1 Å². The maximum absolute atomic E-state index is 11.4. The van der Waals surface area contributed by atoms with Crippen LogP contribution in [-0.4, -0.2) is 45.9 Å². The van der Waals surface area contributed by atoms with Crippen LogP contribution in [0, 0.1) is 11.8 Å². The van der Waals surface area contributed by atoms with Gasteiger partial charge in [-0.2, -0.15) is 5.10 Å². The fraction of sp³-hybridized carbons (Fsp3) is 0.467. The van der Waals surface area contributed by atoms with Gasteiger partial charge in [0.05, 0.1) is 25.4 Å². The molecule has 7 heteroatoms. The van der Waals surface area contributed by atoms with Crippen molar-refractivity contribution in [2.24, 2.45) is 11.8 Å². The van der Waals surface area contributed by atoms with Crippen LogP contribution in [-0.2, 0) is 11.3 Å². The zero-order valence-corrected chi connectivity index (χ0v) is 12.3. The van der Waals surface area contributed by atoms with Crippen LogP contribution in [0.3, 0.4) is 0 Å². The molecule has 2 aromatic rings. The maximum Gasteiger partial charge on any atom is 0.341 e. The molecule has 2 fully saturated rings. The van der Waals surface area contributed by atoms with Gasteiger partial charge in [0, 0.05) is 37.2 Å². The minimum Gasteiger partial charge on any atom is -0.465 e. The van der Waals surface area contributed by atoms with Crippen LogP contribution in [0.2, 0.25) is 0 Å². The van der Waals surface area contributed by atoms with Gasteiger partial charge in [-0.15, -0.1) is 0 Å². The molecule has 7 nitrogen and oxygen atoms in total. The number of methoxy groups -OCH3 is 1. The summed E-state index contributed by atoms with van der Waals surface area (Å²) in [6.45, 7) is 2.71. The summed E-state index contributed by atoms with van der Waals surface area (Å²) in [5.41, 5.74) is 1.39. The van der Waals surface area contributed by atoms with Crippen LogP contribution < -0.4 is 4.90 Å². The topological polar surface area (TPSA) is 73.1 Å². The smallest absolute Gasteiger partial charge is 0.341 e. The minimum atomic E-state index is -0.384. The average Bonchev–Trinajstić information content (AvgIpc) is 2.96. The van der Waals surface area contributed by atoms with Crippen LogP contribution in [0.4, 0.5) is 5.95 Å². The molecule has 2 unspecified atom stereocenters. The quantitative estimate of drug-likeness (QED) is 0.783. The molecule has 2 atom stereocenters. The Kier molecular flexibility index (Phi) is 3.06. The van der Waals surface area contributed by atoms with E-state index in [9.17, 15) is 4.79 Å². The summed E-state index contributed by atoms with van der Waals surface area (Å²) in [6, 6.07) is 0. The van der Waals surface area contributed by atoms with Crippen LogP contribution in [0.25, 0.3) is 0 Å². The largest absolute Gasteiger partial charge is 0.465 e. The number of anilines is 1. The molecule has 2 aliphatic rings. The molecule has 0 N–H and O–H groups in total. The molecule has 0 aromatic carbocycles. The first-order valence-electron chi connectivity index (χ1n) is 7.39. The van der Waals surface area contributed by atoms with Crippen molar-refractivity contribution in [3.63, 3.8) is 0 Å². The first kappa shape index (κ1) is 13.2. The molecule has 2 aromatic heterocycles. The van der Waals surface area contributed by atoms with Crippen molar-refractivity contribution in [2.45, 2.75) is 13.0 Å². The van der Waals surface area contributed by atoms with Gasteiger partial charge >= 0.3 is 5.97 Å². The van der Waals surface area contributed by atoms with Gasteiger partial charge in [0.15, 0.2) is 0 Å². The van der Waals surface area contributed by atoms with Crippen molar-refractivity contribution in [2.75, 3.05) is 25.1 Å². The van der Waals surface area contributed by atoms with Gasteiger partial charge in [0.25, 0.3) is 0 Å². The molecule has 114 valence electrons. The highest BCUT2D eigenvalue weighted by Gasteiger charge is 2.45. The van der Waals surface area contributed by atoms with E-state index in [2.05, 4.69) is 24.7 Å². The number of nitrogens with zero attached hydrogens (tertiary/aromatic N) is 5. The number of ether oxygens (including phenoxy) is 1. The number of fused-ring (bicyclic) bond motifs is 1. The number of aromatic nitrogens is 4. The molecular weight excluding hydrogens is 282 g/mol. The highest BCUT2D eigenvalue weighted by molar-refractivity contribution is 5.88. The van der Waals surface area contributed by atoms with Crippen LogP contribution in [0.1, 0.15) is 22.3 Å². The first-order valence-corrected chi connectivity index (χ1v) is 7.39. The summed E-state index contributed by atoms with van der Waals surface area (Å²) in [5.74, 6) is 2.16. The lowest BCUT2D eigenvalue weighted by atomic mass is 10.3. The number of hydrogen-bond donors (Lipinski definition) is 0. The predicted octanol–water partition coefficient (Wildman–Crippen LogP) is 0.964. The van der Waals surface area contributed by atoms with E-state index < -0.39 is 0 Å². The van der Waals surface area contributed by atoms with Gasteiger partial charge in [-0.3, -0.25) is 4.68 Å². The second kappa shape index (κ2) is 5.08. The molecule has 3 heterocycles. The van der Waals surface area contributed by atoms with E-state index in [1.807, 2.05) is 12.4 Å². The molecule has 0 spiro atoms. The molecule has 0 amide bonds. The van der Waals surface area contributed by atoms with E-state index in [-0.39, 0.29) is 5.97 Å². The first-order chi connectivity index (χ1) is 10.7. The fourth-order valence-electron chi connectivity index (χ4n) is 3.01. The number of esters is 1. The Hall–Kier alpha value is -2.44. The summed E-state index contributed by atoms with van der Waals surface area (Å²) in [4.78, 5) is 22.6. The predicted molar refractivity (Wildman–Crippen MR) is 78.5 cm³/mol. The zero-order chi connectivity index (χ0) is 15.1. The molecular formula is C15H17N5O2. The van der Waals surface area contributed by atoms with Crippen LogP contribution in [0.5, 0.6) is 0 Å². The van der Waals surface area contributed by atoms with E-state index >= 15 is 0 Å². The molecule has 1 saturated heterocycles. The Morgan fingerprint density at radius 1 is 1.27 bits per heavy atom. The highest BCUT2D eigenvalue weighted by Crippen LogP contribution is 2.45. The maximum atomic E-state index is 11.4. The molecule has 0 radical (unpaired) electrons. The Labute approximate surface area is 127 Å². The van der Waals surface area contributed by atoms with Gasteiger partial charge in [-0.25, -0.2) is 14.8 Å². The standard InChI is InChI=1S/C15H17N5O2/c1-22-14(21)13-5-18-20(9-13)6-10-3-16-15(17-4-10)19-7-11-2-12(11)8-19/h3-5,9,11-12H,2,6-8H2,1H3. The molecule has 22 heavy (non-hydrogen) atoms. The summed E-state index contributed by atoms with van der Waals surface area (Å²) in [7, 11) is 1.36. The molecule has 4 rings (SSSR count). The molecule has 1 aliphatic heterocycles. The Morgan fingerprint density at radius 2 is 2.00 bits per heavy atom. The van der Waals surface area contributed by atoms with Gasteiger partial charge in [-0.05, 0) is 18.3 Å². The third-order valence-electron chi connectivity index (χ3n) is 4.35. The van der Waals surface area contributed by atoms with Crippen LogP contribution >= 0.6 is 0 Å².